The van der Waals surface area contributed by atoms with Crippen molar-refractivity contribution in [1.29, 1.82) is 0 Å². The Labute approximate surface area is 165 Å². The van der Waals surface area contributed by atoms with Gasteiger partial charge in [-0.05, 0) is 23.8 Å². The maximum atomic E-state index is 13.3. The lowest BCUT2D eigenvalue weighted by atomic mass is 10.0. The Morgan fingerprint density at radius 2 is 1.82 bits per heavy atom. The van der Waals surface area contributed by atoms with Gasteiger partial charge in [-0.15, -0.1) is 0 Å². The summed E-state index contributed by atoms with van der Waals surface area (Å²) >= 11 is 0. The van der Waals surface area contributed by atoms with Crippen LogP contribution in [0.5, 0.6) is 0 Å². The van der Waals surface area contributed by atoms with Crippen LogP contribution >= 0.6 is 0 Å². The van der Waals surface area contributed by atoms with Gasteiger partial charge in [0.2, 0.25) is 5.91 Å². The average molecular weight is 379 g/mol. The quantitative estimate of drug-likeness (QED) is 0.879. The lowest BCUT2D eigenvalue weighted by Crippen LogP contribution is -2.58. The number of amides is 2. The first-order chi connectivity index (χ1) is 13.7. The van der Waals surface area contributed by atoms with E-state index >= 15 is 0 Å². The van der Waals surface area contributed by atoms with E-state index in [1.807, 2.05) is 54.6 Å². The summed E-state index contributed by atoms with van der Waals surface area (Å²) in [5, 5.41) is 2.90. The van der Waals surface area contributed by atoms with E-state index in [1.165, 1.54) is 0 Å². The number of rotatable bonds is 4. The molecule has 0 spiro atoms. The Hall–Kier alpha value is -2.86. The molecule has 6 heteroatoms. The number of nitrogens with one attached hydrogen (secondary N) is 1. The second-order valence-corrected chi connectivity index (χ2v) is 7.14. The molecule has 2 fully saturated rings. The standard InChI is InChI=1S/C22H25N3O3/c26-21-20(15-17-5-2-1-3-6-17)25(10-9-23-21)22(27)18-7-4-8-19(16-18)24-11-13-28-14-12-24/h1-8,16,20H,9-15H2,(H,23,26). The summed E-state index contributed by atoms with van der Waals surface area (Å²) in [6, 6.07) is 17.0. The van der Waals surface area contributed by atoms with Crippen LogP contribution < -0.4 is 10.2 Å². The molecular formula is C22H25N3O3. The van der Waals surface area contributed by atoms with Gasteiger partial charge in [0.25, 0.3) is 5.91 Å². The number of carbonyl (C=O) groups excluding carboxylic acids is 2. The van der Waals surface area contributed by atoms with Crippen LogP contribution in [0.15, 0.2) is 54.6 Å². The van der Waals surface area contributed by atoms with E-state index in [0.717, 1.165) is 24.3 Å². The topological polar surface area (TPSA) is 61.9 Å². The predicted octanol–water partition coefficient (Wildman–Crippen LogP) is 1.71. The molecule has 0 saturated carbocycles. The molecule has 146 valence electrons. The Morgan fingerprint density at radius 3 is 2.61 bits per heavy atom. The Bertz CT molecular complexity index is 834. The summed E-state index contributed by atoms with van der Waals surface area (Å²) < 4.78 is 5.42. The van der Waals surface area contributed by atoms with E-state index < -0.39 is 6.04 Å². The summed E-state index contributed by atoms with van der Waals surface area (Å²) in [5.74, 6) is -0.182. The number of hydrogen-bond donors (Lipinski definition) is 1. The highest BCUT2D eigenvalue weighted by molar-refractivity contribution is 5.99. The van der Waals surface area contributed by atoms with Gasteiger partial charge in [-0.3, -0.25) is 9.59 Å². The third-order valence-electron chi connectivity index (χ3n) is 5.33. The van der Waals surface area contributed by atoms with Gasteiger partial charge >= 0.3 is 0 Å². The zero-order valence-corrected chi connectivity index (χ0v) is 15.8. The van der Waals surface area contributed by atoms with Crippen LogP contribution in [0.2, 0.25) is 0 Å². The van der Waals surface area contributed by atoms with Crippen molar-refractivity contribution in [2.45, 2.75) is 12.5 Å². The zero-order valence-electron chi connectivity index (χ0n) is 15.8. The lowest BCUT2D eigenvalue weighted by Gasteiger charge is -2.35. The molecule has 2 aromatic carbocycles. The van der Waals surface area contributed by atoms with Crippen LogP contribution in [0, 0.1) is 0 Å². The third kappa shape index (κ3) is 4.02. The first-order valence-corrected chi connectivity index (χ1v) is 9.78. The van der Waals surface area contributed by atoms with Gasteiger partial charge in [-0.25, -0.2) is 0 Å². The van der Waals surface area contributed by atoms with Crippen LogP contribution in [-0.2, 0) is 16.0 Å². The zero-order chi connectivity index (χ0) is 19.3. The average Bonchev–Trinajstić information content (AvgIpc) is 2.76. The second kappa shape index (κ2) is 8.44. The van der Waals surface area contributed by atoms with Crippen molar-refractivity contribution in [1.82, 2.24) is 10.2 Å². The number of carbonyl (C=O) groups is 2. The van der Waals surface area contributed by atoms with Crippen LogP contribution in [0.1, 0.15) is 15.9 Å². The summed E-state index contributed by atoms with van der Waals surface area (Å²) in [6.45, 7) is 4.04. The molecule has 2 aromatic rings. The van der Waals surface area contributed by atoms with E-state index in [4.69, 9.17) is 4.74 Å². The van der Waals surface area contributed by atoms with Crippen molar-refractivity contribution in [3.8, 4) is 0 Å². The highest BCUT2D eigenvalue weighted by atomic mass is 16.5. The van der Waals surface area contributed by atoms with Crippen molar-refractivity contribution >= 4 is 17.5 Å². The fourth-order valence-electron chi connectivity index (χ4n) is 3.82. The largest absolute Gasteiger partial charge is 0.378 e. The molecule has 2 heterocycles. The Balaban J connectivity index is 1.55. The highest BCUT2D eigenvalue weighted by Crippen LogP contribution is 2.21. The summed E-state index contributed by atoms with van der Waals surface area (Å²) in [5.41, 5.74) is 2.69. The molecule has 0 aromatic heterocycles. The van der Waals surface area contributed by atoms with Crippen molar-refractivity contribution in [3.63, 3.8) is 0 Å². The molecule has 2 saturated heterocycles. The van der Waals surface area contributed by atoms with Gasteiger partial charge in [0.1, 0.15) is 6.04 Å². The lowest BCUT2D eigenvalue weighted by molar-refractivity contribution is -0.127. The van der Waals surface area contributed by atoms with E-state index in [2.05, 4.69) is 10.2 Å². The van der Waals surface area contributed by atoms with Crippen LogP contribution in [-0.4, -0.2) is 62.1 Å². The van der Waals surface area contributed by atoms with Gasteiger partial charge in [0, 0.05) is 43.9 Å². The predicted molar refractivity (Wildman–Crippen MR) is 107 cm³/mol. The van der Waals surface area contributed by atoms with Gasteiger partial charge in [0.15, 0.2) is 0 Å². The molecule has 1 N–H and O–H groups in total. The minimum atomic E-state index is -0.490. The number of anilines is 1. The fourth-order valence-corrected chi connectivity index (χ4v) is 3.82. The van der Waals surface area contributed by atoms with Gasteiger partial charge in [-0.2, -0.15) is 0 Å². The van der Waals surface area contributed by atoms with Crippen molar-refractivity contribution in [3.05, 3.63) is 65.7 Å². The monoisotopic (exact) mass is 379 g/mol. The van der Waals surface area contributed by atoms with Crippen molar-refractivity contribution in [2.24, 2.45) is 0 Å². The van der Waals surface area contributed by atoms with Gasteiger partial charge < -0.3 is 19.9 Å². The smallest absolute Gasteiger partial charge is 0.254 e. The molecule has 28 heavy (non-hydrogen) atoms. The molecule has 2 aliphatic heterocycles. The summed E-state index contributed by atoms with van der Waals surface area (Å²) in [7, 11) is 0. The molecule has 4 rings (SSSR count). The number of piperazine rings is 1. The molecule has 0 aliphatic carbocycles. The van der Waals surface area contributed by atoms with Crippen LogP contribution in [0.3, 0.4) is 0 Å². The Morgan fingerprint density at radius 1 is 1.04 bits per heavy atom. The normalized spacial score (nSPS) is 20.0. The van der Waals surface area contributed by atoms with Gasteiger partial charge in [0.05, 0.1) is 13.2 Å². The molecule has 1 unspecified atom stereocenters. The maximum absolute atomic E-state index is 13.3. The minimum absolute atomic E-state index is 0.0900. The van der Waals surface area contributed by atoms with E-state index in [0.29, 0.717) is 38.3 Å². The Kier molecular flexibility index (Phi) is 5.58. The fraction of sp³-hybridized carbons (Fsp3) is 0.364. The SMILES string of the molecule is O=C1NCCN(C(=O)c2cccc(N3CCOCC3)c2)C1Cc1ccccc1. The maximum Gasteiger partial charge on any atom is 0.254 e. The first kappa shape index (κ1) is 18.5. The second-order valence-electron chi connectivity index (χ2n) is 7.14. The van der Waals surface area contributed by atoms with E-state index in [9.17, 15) is 9.59 Å². The molecule has 0 radical (unpaired) electrons. The first-order valence-electron chi connectivity index (χ1n) is 9.78. The number of hydrogen-bond acceptors (Lipinski definition) is 4. The molecular weight excluding hydrogens is 354 g/mol. The third-order valence-corrected chi connectivity index (χ3v) is 5.33. The minimum Gasteiger partial charge on any atom is -0.378 e. The highest BCUT2D eigenvalue weighted by Gasteiger charge is 2.33. The van der Waals surface area contributed by atoms with Crippen molar-refractivity contribution in [2.75, 3.05) is 44.3 Å². The molecule has 2 aliphatic rings. The van der Waals surface area contributed by atoms with Crippen LogP contribution in [0.25, 0.3) is 0 Å². The molecule has 0 bridgehead atoms. The molecule has 2 amide bonds. The number of nitrogens with zero attached hydrogens (tertiary/aromatic N) is 2. The number of benzene rings is 2. The summed E-state index contributed by atoms with van der Waals surface area (Å²) in [4.78, 5) is 29.8. The van der Waals surface area contributed by atoms with Crippen molar-refractivity contribution < 1.29 is 14.3 Å². The number of morpholine rings is 1. The van der Waals surface area contributed by atoms with Crippen LogP contribution in [0.4, 0.5) is 5.69 Å². The van der Waals surface area contributed by atoms with E-state index in [1.54, 1.807) is 4.90 Å². The number of ether oxygens (including phenoxy) is 1. The van der Waals surface area contributed by atoms with E-state index in [-0.39, 0.29) is 11.8 Å². The van der Waals surface area contributed by atoms with Gasteiger partial charge in [-0.1, -0.05) is 36.4 Å². The molecule has 1 atom stereocenters. The molecule has 6 nitrogen and oxygen atoms in total. The summed E-state index contributed by atoms with van der Waals surface area (Å²) in [6.07, 6.45) is 0.515.